The zero-order chi connectivity index (χ0) is 15.2. The van der Waals surface area contributed by atoms with Crippen LogP contribution in [-0.2, 0) is 4.79 Å². The number of halogens is 2. The van der Waals surface area contributed by atoms with Gasteiger partial charge in [-0.3, -0.25) is 4.79 Å². The van der Waals surface area contributed by atoms with Crippen molar-refractivity contribution in [3.8, 4) is 0 Å². The van der Waals surface area contributed by atoms with Crippen LogP contribution in [0.15, 0.2) is 18.2 Å². The van der Waals surface area contributed by atoms with Crippen LogP contribution in [-0.4, -0.2) is 25.0 Å². The molecule has 3 nitrogen and oxygen atoms in total. The number of rotatable bonds is 3. The van der Waals surface area contributed by atoms with Gasteiger partial charge in [-0.2, -0.15) is 0 Å². The molecule has 1 aliphatic rings. The van der Waals surface area contributed by atoms with E-state index in [0.29, 0.717) is 0 Å². The van der Waals surface area contributed by atoms with Gasteiger partial charge < -0.3 is 10.2 Å². The number of hydrogen-bond acceptors (Lipinski definition) is 1. The summed E-state index contributed by atoms with van der Waals surface area (Å²) in [4.78, 5) is 13.5. The molecular weight excluding hydrogens is 274 g/mol. The molecule has 0 aromatic heterocycles. The van der Waals surface area contributed by atoms with Crippen LogP contribution in [0.25, 0.3) is 0 Å². The predicted octanol–water partition coefficient (Wildman–Crippen LogP) is 2.14. The van der Waals surface area contributed by atoms with Crippen molar-refractivity contribution in [2.24, 2.45) is 0 Å². The topological polar surface area (TPSA) is 33.5 Å². The van der Waals surface area contributed by atoms with E-state index in [1.807, 2.05) is 6.92 Å². The lowest BCUT2D eigenvalue weighted by Crippen LogP contribution is -3.16. The SMILES string of the molecule is C[C@H](C(=O)Nc1ccc(F)cc1F)[NH+]1CCCCCCC1. The molecule has 1 aliphatic heterocycles. The van der Waals surface area contributed by atoms with Crippen LogP contribution in [0, 0.1) is 11.6 Å². The Morgan fingerprint density at radius 3 is 2.38 bits per heavy atom. The van der Waals surface area contributed by atoms with Gasteiger partial charge in [0.15, 0.2) is 6.04 Å². The third-order valence-electron chi connectivity index (χ3n) is 4.19. The molecule has 5 heteroatoms. The Kier molecular flexibility index (Phi) is 5.67. The maximum absolute atomic E-state index is 13.6. The van der Waals surface area contributed by atoms with E-state index in [9.17, 15) is 13.6 Å². The second-order valence-electron chi connectivity index (χ2n) is 5.76. The summed E-state index contributed by atoms with van der Waals surface area (Å²) in [6.07, 6.45) is 5.94. The van der Waals surface area contributed by atoms with Crippen LogP contribution in [0.5, 0.6) is 0 Å². The number of nitrogens with one attached hydrogen (secondary N) is 2. The number of amides is 1. The third kappa shape index (κ3) is 4.49. The molecular formula is C16H23F2N2O+. The fourth-order valence-electron chi connectivity index (χ4n) is 2.81. The largest absolute Gasteiger partial charge is 0.325 e. The van der Waals surface area contributed by atoms with Crippen molar-refractivity contribution < 1.29 is 18.5 Å². The molecule has 2 rings (SSSR count). The average Bonchev–Trinajstić information content (AvgIpc) is 2.41. The summed E-state index contributed by atoms with van der Waals surface area (Å²) in [5.41, 5.74) is 0.0414. The highest BCUT2D eigenvalue weighted by molar-refractivity contribution is 5.93. The minimum Gasteiger partial charge on any atom is -0.325 e. The standard InChI is InChI=1S/C16H22F2N2O/c1-12(20-9-5-3-2-4-6-10-20)16(21)19-15-8-7-13(17)11-14(15)18/h7-8,11-12H,2-6,9-10H2,1H3,(H,19,21)/p+1/t12-/m1/s1. The molecule has 1 aromatic rings. The normalized spacial score (nSPS) is 18.6. The first-order valence-electron chi connectivity index (χ1n) is 7.68. The van der Waals surface area contributed by atoms with Crippen molar-refractivity contribution in [2.75, 3.05) is 18.4 Å². The molecule has 0 spiro atoms. The van der Waals surface area contributed by atoms with Crippen molar-refractivity contribution in [1.82, 2.24) is 0 Å². The molecule has 0 unspecified atom stereocenters. The fraction of sp³-hybridized carbons (Fsp3) is 0.562. The summed E-state index contributed by atoms with van der Waals surface area (Å²) in [5.74, 6) is -1.60. The molecule has 0 bridgehead atoms. The molecule has 116 valence electrons. The maximum Gasteiger partial charge on any atom is 0.282 e. The van der Waals surface area contributed by atoms with Crippen LogP contribution in [0.4, 0.5) is 14.5 Å². The molecule has 0 aliphatic carbocycles. The van der Waals surface area contributed by atoms with Gasteiger partial charge in [-0.25, -0.2) is 8.78 Å². The van der Waals surface area contributed by atoms with Gasteiger partial charge in [-0.05, 0) is 44.7 Å². The van der Waals surface area contributed by atoms with E-state index >= 15 is 0 Å². The van der Waals surface area contributed by atoms with Gasteiger partial charge in [-0.15, -0.1) is 0 Å². The monoisotopic (exact) mass is 297 g/mol. The number of hydrogen-bond donors (Lipinski definition) is 2. The number of quaternary nitrogens is 1. The molecule has 1 amide bonds. The average molecular weight is 297 g/mol. The smallest absolute Gasteiger partial charge is 0.282 e. The number of anilines is 1. The predicted molar refractivity (Wildman–Crippen MR) is 78.2 cm³/mol. The molecule has 2 N–H and O–H groups in total. The van der Waals surface area contributed by atoms with Crippen molar-refractivity contribution in [2.45, 2.75) is 45.1 Å². The van der Waals surface area contributed by atoms with E-state index in [0.717, 1.165) is 38.1 Å². The van der Waals surface area contributed by atoms with Crippen LogP contribution in [0.1, 0.15) is 39.0 Å². The third-order valence-corrected chi connectivity index (χ3v) is 4.19. The summed E-state index contributed by atoms with van der Waals surface area (Å²) in [6, 6.07) is 2.96. The molecule has 1 aromatic carbocycles. The number of likely N-dealkylation sites (tertiary alicyclic amines) is 1. The Balaban J connectivity index is 1.97. The van der Waals surface area contributed by atoms with Crippen LogP contribution in [0.3, 0.4) is 0 Å². The zero-order valence-electron chi connectivity index (χ0n) is 12.4. The molecule has 1 saturated heterocycles. The number of benzene rings is 1. The van der Waals surface area contributed by atoms with E-state index in [2.05, 4.69) is 5.32 Å². The van der Waals surface area contributed by atoms with Crippen molar-refractivity contribution in [3.63, 3.8) is 0 Å². The van der Waals surface area contributed by atoms with E-state index in [1.165, 1.54) is 30.2 Å². The van der Waals surface area contributed by atoms with E-state index < -0.39 is 11.6 Å². The minimum atomic E-state index is -0.738. The maximum atomic E-state index is 13.6. The van der Waals surface area contributed by atoms with Crippen molar-refractivity contribution in [3.05, 3.63) is 29.8 Å². The van der Waals surface area contributed by atoms with Crippen molar-refractivity contribution >= 4 is 11.6 Å². The first-order chi connectivity index (χ1) is 10.1. The fourth-order valence-corrected chi connectivity index (χ4v) is 2.81. The molecule has 21 heavy (non-hydrogen) atoms. The highest BCUT2D eigenvalue weighted by atomic mass is 19.1. The highest BCUT2D eigenvalue weighted by Gasteiger charge is 2.25. The van der Waals surface area contributed by atoms with E-state index in [-0.39, 0.29) is 17.6 Å². The lowest BCUT2D eigenvalue weighted by Gasteiger charge is -2.27. The molecule has 1 atom stereocenters. The zero-order valence-corrected chi connectivity index (χ0v) is 12.4. The number of carbonyl (C=O) groups excluding carboxylic acids is 1. The Hall–Kier alpha value is -1.49. The van der Waals surface area contributed by atoms with Gasteiger partial charge in [0, 0.05) is 6.07 Å². The van der Waals surface area contributed by atoms with E-state index in [4.69, 9.17) is 0 Å². The summed E-state index contributed by atoms with van der Waals surface area (Å²) >= 11 is 0. The van der Waals surface area contributed by atoms with Gasteiger partial charge in [-0.1, -0.05) is 6.42 Å². The van der Waals surface area contributed by atoms with E-state index in [1.54, 1.807) is 0 Å². The summed E-state index contributed by atoms with van der Waals surface area (Å²) in [7, 11) is 0. The Morgan fingerprint density at radius 2 is 1.76 bits per heavy atom. The Morgan fingerprint density at radius 1 is 1.14 bits per heavy atom. The first-order valence-corrected chi connectivity index (χ1v) is 7.68. The summed E-state index contributed by atoms with van der Waals surface area (Å²) in [6.45, 7) is 3.81. The van der Waals surface area contributed by atoms with Gasteiger partial charge in [0.2, 0.25) is 0 Å². The molecule has 1 heterocycles. The molecule has 0 saturated carbocycles. The Bertz CT molecular complexity index is 485. The minimum absolute atomic E-state index is 0.0414. The highest BCUT2D eigenvalue weighted by Crippen LogP contribution is 2.15. The van der Waals surface area contributed by atoms with Gasteiger partial charge in [0.05, 0.1) is 18.8 Å². The van der Waals surface area contributed by atoms with Gasteiger partial charge in [0.25, 0.3) is 5.91 Å². The van der Waals surface area contributed by atoms with Crippen LogP contribution < -0.4 is 10.2 Å². The van der Waals surface area contributed by atoms with Crippen LogP contribution in [0.2, 0.25) is 0 Å². The molecule has 1 fully saturated rings. The quantitative estimate of drug-likeness (QED) is 0.880. The lowest BCUT2D eigenvalue weighted by atomic mass is 10.1. The summed E-state index contributed by atoms with van der Waals surface area (Å²) in [5, 5.41) is 2.57. The summed E-state index contributed by atoms with van der Waals surface area (Å²) < 4.78 is 26.4. The van der Waals surface area contributed by atoms with Crippen LogP contribution >= 0.6 is 0 Å². The Labute approximate surface area is 124 Å². The number of carbonyl (C=O) groups is 1. The van der Waals surface area contributed by atoms with Gasteiger partial charge in [0.1, 0.15) is 11.6 Å². The van der Waals surface area contributed by atoms with Crippen molar-refractivity contribution in [1.29, 1.82) is 0 Å². The second-order valence-corrected chi connectivity index (χ2v) is 5.76. The van der Waals surface area contributed by atoms with Gasteiger partial charge >= 0.3 is 0 Å². The first kappa shape index (κ1) is 15.9. The molecule has 0 radical (unpaired) electrons. The lowest BCUT2D eigenvalue weighted by molar-refractivity contribution is -0.914. The second kappa shape index (κ2) is 7.50.